The van der Waals surface area contributed by atoms with Crippen molar-refractivity contribution in [2.45, 2.75) is 0 Å². The summed E-state index contributed by atoms with van der Waals surface area (Å²) in [5, 5.41) is 4.67. The van der Waals surface area contributed by atoms with Gasteiger partial charge in [0.05, 0.1) is 26.1 Å². The Hall–Kier alpha value is -4.14. The second kappa shape index (κ2) is 9.37. The lowest BCUT2D eigenvalue weighted by atomic mass is 10.1. The Labute approximate surface area is 171 Å². The second-order valence-electron chi connectivity index (χ2n) is 5.86. The van der Waals surface area contributed by atoms with E-state index in [0.717, 1.165) is 0 Å². The van der Waals surface area contributed by atoms with E-state index in [-0.39, 0.29) is 28.7 Å². The quantitative estimate of drug-likeness (QED) is 0.636. The van der Waals surface area contributed by atoms with Crippen LogP contribution >= 0.6 is 0 Å². The van der Waals surface area contributed by atoms with E-state index in [4.69, 9.17) is 14.2 Å². The van der Waals surface area contributed by atoms with Crippen LogP contribution in [0.5, 0.6) is 23.1 Å². The number of amides is 3. The summed E-state index contributed by atoms with van der Waals surface area (Å²) in [6.07, 6.45) is 1.31. The van der Waals surface area contributed by atoms with E-state index >= 15 is 0 Å². The number of methoxy groups -OCH3 is 2. The minimum absolute atomic E-state index is 0.0276. The molecule has 0 saturated carbocycles. The minimum atomic E-state index is -0.780. The van der Waals surface area contributed by atoms with Gasteiger partial charge in [-0.2, -0.15) is 0 Å². The van der Waals surface area contributed by atoms with Crippen LogP contribution in [0, 0.1) is 5.82 Å². The maximum atomic E-state index is 13.6. The third-order valence-electron chi connectivity index (χ3n) is 3.93. The highest BCUT2D eigenvalue weighted by atomic mass is 19.1. The number of ether oxygens (including phenoxy) is 3. The zero-order chi connectivity index (χ0) is 21.5. The first-order valence-electron chi connectivity index (χ1n) is 8.73. The maximum Gasteiger partial charge on any atom is 0.326 e. The summed E-state index contributed by atoms with van der Waals surface area (Å²) in [6, 6.07) is 12.9. The first-order valence-corrected chi connectivity index (χ1v) is 8.73. The molecular weight excluding hydrogens is 393 g/mol. The van der Waals surface area contributed by atoms with Gasteiger partial charge in [-0.1, -0.05) is 18.2 Å². The lowest BCUT2D eigenvalue weighted by molar-refractivity contribution is 0.0961. The highest BCUT2D eigenvalue weighted by molar-refractivity contribution is 6.10. The number of nitrogens with zero attached hydrogens (tertiary/aromatic N) is 1. The summed E-state index contributed by atoms with van der Waals surface area (Å²) in [5.74, 6) is -0.534. The van der Waals surface area contributed by atoms with Crippen LogP contribution in [0.3, 0.4) is 0 Å². The van der Waals surface area contributed by atoms with E-state index in [1.54, 1.807) is 30.3 Å². The molecule has 30 heavy (non-hydrogen) atoms. The average Bonchev–Trinajstić information content (AvgIpc) is 2.75. The molecule has 0 saturated heterocycles. The van der Waals surface area contributed by atoms with Crippen LogP contribution in [0.15, 0.2) is 60.8 Å². The van der Waals surface area contributed by atoms with Crippen LogP contribution in [-0.4, -0.2) is 31.1 Å². The summed E-state index contributed by atoms with van der Waals surface area (Å²) in [6.45, 7) is 0. The first-order chi connectivity index (χ1) is 14.5. The fourth-order valence-corrected chi connectivity index (χ4v) is 2.56. The van der Waals surface area contributed by atoms with Gasteiger partial charge in [0.1, 0.15) is 17.1 Å². The number of rotatable bonds is 6. The van der Waals surface area contributed by atoms with Crippen molar-refractivity contribution in [1.82, 2.24) is 10.3 Å². The molecule has 3 rings (SSSR count). The predicted octanol–water partition coefficient (Wildman–Crippen LogP) is 3.99. The highest BCUT2D eigenvalue weighted by Gasteiger charge is 2.20. The molecule has 1 aromatic heterocycles. The molecule has 0 bridgehead atoms. The van der Waals surface area contributed by atoms with Crippen LogP contribution in [0.1, 0.15) is 10.4 Å². The van der Waals surface area contributed by atoms with Gasteiger partial charge in [0.15, 0.2) is 11.6 Å². The van der Waals surface area contributed by atoms with Gasteiger partial charge < -0.3 is 19.5 Å². The van der Waals surface area contributed by atoms with Gasteiger partial charge in [-0.3, -0.25) is 10.1 Å². The minimum Gasteiger partial charge on any atom is -0.496 e. The van der Waals surface area contributed by atoms with Crippen molar-refractivity contribution in [3.8, 4) is 23.1 Å². The lowest BCUT2D eigenvalue weighted by Gasteiger charge is -2.13. The number of hydrogen-bond donors (Lipinski definition) is 2. The molecule has 0 aliphatic rings. The standard InChI is InChI=1S/C21H18FN3O5/c1-28-16-8-5-9-17(29-2)19(16)20(26)25-21(27)24-13-10-11-18(23-12-13)30-15-7-4-3-6-14(15)22/h3-12H,1-2H3,(H2,24,25,26,27). The van der Waals surface area contributed by atoms with E-state index < -0.39 is 17.8 Å². The van der Waals surface area contributed by atoms with Crippen molar-refractivity contribution in [2.75, 3.05) is 19.5 Å². The Morgan fingerprint density at radius 3 is 2.17 bits per heavy atom. The van der Waals surface area contributed by atoms with Gasteiger partial charge in [-0.25, -0.2) is 14.2 Å². The van der Waals surface area contributed by atoms with Crippen LogP contribution in [-0.2, 0) is 0 Å². The molecule has 0 fully saturated rings. The number of carbonyl (C=O) groups excluding carboxylic acids is 2. The molecule has 154 valence electrons. The molecule has 3 aromatic rings. The van der Waals surface area contributed by atoms with Gasteiger partial charge in [-0.15, -0.1) is 0 Å². The van der Waals surface area contributed by atoms with E-state index in [0.29, 0.717) is 5.69 Å². The van der Waals surface area contributed by atoms with Crippen LogP contribution in [0.25, 0.3) is 0 Å². The fraction of sp³-hybridized carbons (Fsp3) is 0.0952. The predicted molar refractivity (Wildman–Crippen MR) is 107 cm³/mol. The molecule has 3 amide bonds. The van der Waals surface area contributed by atoms with Crippen molar-refractivity contribution in [3.63, 3.8) is 0 Å². The molecule has 2 N–H and O–H groups in total. The SMILES string of the molecule is COc1cccc(OC)c1C(=O)NC(=O)Nc1ccc(Oc2ccccc2F)nc1. The van der Waals surface area contributed by atoms with Gasteiger partial charge in [0, 0.05) is 6.07 Å². The van der Waals surface area contributed by atoms with Crippen molar-refractivity contribution < 1.29 is 28.2 Å². The van der Waals surface area contributed by atoms with Gasteiger partial charge in [0.25, 0.3) is 5.91 Å². The highest BCUT2D eigenvalue weighted by Crippen LogP contribution is 2.28. The van der Waals surface area contributed by atoms with Crippen LogP contribution in [0.4, 0.5) is 14.9 Å². The molecule has 0 unspecified atom stereocenters. The third-order valence-corrected chi connectivity index (χ3v) is 3.93. The number of benzene rings is 2. The number of carbonyl (C=O) groups is 2. The van der Waals surface area contributed by atoms with Crippen molar-refractivity contribution in [3.05, 3.63) is 72.2 Å². The third kappa shape index (κ3) is 4.82. The summed E-state index contributed by atoms with van der Waals surface area (Å²) in [5.41, 5.74) is 0.387. The number of aromatic nitrogens is 1. The Morgan fingerprint density at radius 1 is 0.900 bits per heavy atom. The smallest absolute Gasteiger partial charge is 0.326 e. The van der Waals surface area contributed by atoms with E-state index in [1.165, 1.54) is 44.7 Å². The number of anilines is 1. The number of imide groups is 1. The van der Waals surface area contributed by atoms with E-state index in [1.807, 2.05) is 0 Å². The molecule has 1 heterocycles. The molecule has 2 aromatic carbocycles. The molecule has 8 nitrogen and oxygen atoms in total. The maximum absolute atomic E-state index is 13.6. The van der Waals surface area contributed by atoms with Crippen LogP contribution < -0.4 is 24.8 Å². The fourth-order valence-electron chi connectivity index (χ4n) is 2.56. The molecule has 0 aliphatic heterocycles. The normalized spacial score (nSPS) is 10.1. The molecule has 0 atom stereocenters. The topological polar surface area (TPSA) is 98.8 Å². The van der Waals surface area contributed by atoms with Crippen LogP contribution in [0.2, 0.25) is 0 Å². The number of para-hydroxylation sites is 1. The number of pyridine rings is 1. The number of halogens is 1. The largest absolute Gasteiger partial charge is 0.496 e. The van der Waals surface area contributed by atoms with E-state index in [2.05, 4.69) is 15.6 Å². The van der Waals surface area contributed by atoms with Gasteiger partial charge >= 0.3 is 6.03 Å². The van der Waals surface area contributed by atoms with Crippen molar-refractivity contribution in [2.24, 2.45) is 0 Å². The zero-order valence-electron chi connectivity index (χ0n) is 16.1. The summed E-state index contributed by atoms with van der Waals surface area (Å²) >= 11 is 0. The molecule has 0 radical (unpaired) electrons. The second-order valence-corrected chi connectivity index (χ2v) is 5.86. The number of hydrogen-bond acceptors (Lipinski definition) is 6. The Bertz CT molecular complexity index is 1030. The summed E-state index contributed by atoms with van der Waals surface area (Å²) in [4.78, 5) is 28.7. The van der Waals surface area contributed by atoms with Crippen molar-refractivity contribution in [1.29, 1.82) is 0 Å². The van der Waals surface area contributed by atoms with Gasteiger partial charge in [-0.05, 0) is 30.3 Å². The monoisotopic (exact) mass is 411 g/mol. The van der Waals surface area contributed by atoms with E-state index in [9.17, 15) is 14.0 Å². The molecular formula is C21H18FN3O5. The lowest BCUT2D eigenvalue weighted by Crippen LogP contribution is -2.34. The number of urea groups is 1. The Balaban J connectivity index is 1.64. The van der Waals surface area contributed by atoms with Crippen molar-refractivity contribution >= 4 is 17.6 Å². The average molecular weight is 411 g/mol. The summed E-state index contributed by atoms with van der Waals surface area (Å²) < 4.78 is 29.3. The Morgan fingerprint density at radius 2 is 1.57 bits per heavy atom. The number of nitrogens with one attached hydrogen (secondary N) is 2. The molecule has 9 heteroatoms. The summed E-state index contributed by atoms with van der Waals surface area (Å²) in [7, 11) is 2.81. The first kappa shape index (κ1) is 20.6. The zero-order valence-corrected chi connectivity index (χ0v) is 16.1. The molecule has 0 spiro atoms. The molecule has 0 aliphatic carbocycles. The Kier molecular flexibility index (Phi) is 6.43. The van der Waals surface area contributed by atoms with Gasteiger partial charge in [0.2, 0.25) is 5.88 Å².